The number of nitriles is 1. The molecule has 0 aliphatic carbocycles. The lowest BCUT2D eigenvalue weighted by molar-refractivity contribution is -0.123. The third-order valence-electron chi connectivity index (χ3n) is 6.18. The average molecular weight is 509 g/mol. The van der Waals surface area contributed by atoms with Gasteiger partial charge in [-0.1, -0.05) is 61.2 Å². The van der Waals surface area contributed by atoms with Crippen molar-refractivity contribution in [3.8, 4) is 6.07 Å². The third kappa shape index (κ3) is 5.35. The molecule has 2 aromatic rings. The molecule has 4 rings (SSSR count). The van der Waals surface area contributed by atoms with E-state index in [4.69, 9.17) is 17.0 Å². The van der Waals surface area contributed by atoms with Crippen molar-refractivity contribution in [2.45, 2.75) is 52.3 Å². The van der Waals surface area contributed by atoms with Gasteiger partial charge in [0, 0.05) is 25.3 Å². The lowest BCUT2D eigenvalue weighted by atomic mass is 10.0. The van der Waals surface area contributed by atoms with Crippen LogP contribution in [0, 0.1) is 18.3 Å². The molecule has 2 aliphatic heterocycles. The van der Waals surface area contributed by atoms with Crippen LogP contribution in [0.15, 0.2) is 40.0 Å². The van der Waals surface area contributed by atoms with Crippen LogP contribution in [0.1, 0.15) is 48.4 Å². The van der Waals surface area contributed by atoms with Crippen molar-refractivity contribution in [2.24, 2.45) is 0 Å². The molecule has 3 heterocycles. The van der Waals surface area contributed by atoms with E-state index in [9.17, 15) is 14.9 Å². The number of hydrogen-bond donors (Lipinski definition) is 1. The quantitative estimate of drug-likeness (QED) is 0.417. The zero-order chi connectivity index (χ0) is 24.9. The second-order valence-electron chi connectivity index (χ2n) is 8.60. The first kappa shape index (κ1) is 25.2. The molecular weight excluding hydrogens is 480 g/mol. The van der Waals surface area contributed by atoms with Gasteiger partial charge in [-0.15, -0.1) is 0 Å². The van der Waals surface area contributed by atoms with E-state index in [0.29, 0.717) is 52.4 Å². The molecule has 2 aliphatic rings. The number of hydrogen-bond acceptors (Lipinski definition) is 7. The Kier molecular flexibility index (Phi) is 8.06. The SMILES string of the molecule is CCCn1c(NCc2ccccc2)c(/C=C2/SC(=S)N(CC3CCCO3)C2=O)c(C)c(C#N)c1=O. The summed E-state index contributed by atoms with van der Waals surface area (Å²) in [7, 11) is 0. The van der Waals surface area contributed by atoms with E-state index in [1.807, 2.05) is 37.3 Å². The maximum absolute atomic E-state index is 13.3. The number of pyridine rings is 1. The Labute approximate surface area is 214 Å². The molecule has 0 saturated carbocycles. The highest BCUT2D eigenvalue weighted by molar-refractivity contribution is 8.26. The Morgan fingerprint density at radius 1 is 1.31 bits per heavy atom. The molecule has 7 nitrogen and oxygen atoms in total. The van der Waals surface area contributed by atoms with E-state index < -0.39 is 0 Å². The largest absolute Gasteiger partial charge is 0.376 e. The second-order valence-corrected chi connectivity index (χ2v) is 10.3. The van der Waals surface area contributed by atoms with Crippen LogP contribution in [-0.4, -0.2) is 39.0 Å². The molecule has 0 radical (unpaired) electrons. The van der Waals surface area contributed by atoms with E-state index in [0.717, 1.165) is 24.8 Å². The number of benzene rings is 1. The number of aromatic nitrogens is 1. The summed E-state index contributed by atoms with van der Waals surface area (Å²) in [5.74, 6) is 0.428. The van der Waals surface area contributed by atoms with Crippen molar-refractivity contribution < 1.29 is 9.53 Å². The highest BCUT2D eigenvalue weighted by Crippen LogP contribution is 2.35. The maximum atomic E-state index is 13.3. The summed E-state index contributed by atoms with van der Waals surface area (Å²) in [5, 5.41) is 13.2. The summed E-state index contributed by atoms with van der Waals surface area (Å²) in [5.41, 5.74) is 2.02. The van der Waals surface area contributed by atoms with E-state index in [1.165, 1.54) is 11.8 Å². The summed E-state index contributed by atoms with van der Waals surface area (Å²) in [6.45, 7) is 5.83. The van der Waals surface area contributed by atoms with Crippen LogP contribution in [0.5, 0.6) is 0 Å². The minimum absolute atomic E-state index is 0.00154. The van der Waals surface area contributed by atoms with Gasteiger partial charge in [0.05, 0.1) is 17.6 Å². The topological polar surface area (TPSA) is 87.4 Å². The molecule has 9 heteroatoms. The number of thiocarbonyl (C=S) groups is 1. The molecule has 182 valence electrons. The van der Waals surface area contributed by atoms with Crippen LogP contribution in [-0.2, 0) is 22.6 Å². The van der Waals surface area contributed by atoms with Crippen molar-refractivity contribution in [3.05, 3.63) is 67.8 Å². The molecule has 2 fully saturated rings. The van der Waals surface area contributed by atoms with Gasteiger partial charge < -0.3 is 10.1 Å². The minimum Gasteiger partial charge on any atom is -0.376 e. The average Bonchev–Trinajstić information content (AvgIpc) is 3.46. The number of rotatable bonds is 8. The molecule has 1 atom stereocenters. The van der Waals surface area contributed by atoms with Gasteiger partial charge in [0.15, 0.2) is 0 Å². The van der Waals surface area contributed by atoms with Gasteiger partial charge in [0.25, 0.3) is 11.5 Å². The van der Waals surface area contributed by atoms with E-state index in [2.05, 4.69) is 11.4 Å². The molecule has 1 aromatic carbocycles. The Hall–Kier alpha value is -2.93. The molecule has 0 spiro atoms. The highest BCUT2D eigenvalue weighted by Gasteiger charge is 2.35. The van der Waals surface area contributed by atoms with Gasteiger partial charge in [-0.05, 0) is 43.4 Å². The first-order valence-electron chi connectivity index (χ1n) is 11.8. The van der Waals surface area contributed by atoms with E-state index in [-0.39, 0.29) is 23.1 Å². The van der Waals surface area contributed by atoms with Crippen molar-refractivity contribution >= 4 is 46.1 Å². The molecule has 1 aromatic heterocycles. The van der Waals surface area contributed by atoms with Crippen LogP contribution in [0.3, 0.4) is 0 Å². The Morgan fingerprint density at radius 2 is 2.09 bits per heavy atom. The lowest BCUT2D eigenvalue weighted by Gasteiger charge is -2.20. The smallest absolute Gasteiger partial charge is 0.270 e. The molecule has 2 saturated heterocycles. The highest BCUT2D eigenvalue weighted by atomic mass is 32.2. The van der Waals surface area contributed by atoms with Gasteiger partial charge in [-0.2, -0.15) is 5.26 Å². The number of thioether (sulfide) groups is 1. The fraction of sp³-hybridized carbons (Fsp3) is 0.385. The predicted octanol–water partition coefficient (Wildman–Crippen LogP) is 4.43. The number of carbonyl (C=O) groups is 1. The Bertz CT molecular complexity index is 1260. The first-order chi connectivity index (χ1) is 16.9. The van der Waals surface area contributed by atoms with E-state index >= 15 is 0 Å². The first-order valence-corrected chi connectivity index (χ1v) is 13.0. The zero-order valence-corrected chi connectivity index (χ0v) is 21.5. The molecule has 35 heavy (non-hydrogen) atoms. The van der Waals surface area contributed by atoms with E-state index in [1.54, 1.807) is 22.5 Å². The number of nitrogens with one attached hydrogen (secondary N) is 1. The number of carbonyl (C=O) groups excluding carboxylic acids is 1. The van der Waals surface area contributed by atoms with Gasteiger partial charge in [-0.25, -0.2) is 0 Å². The summed E-state index contributed by atoms with van der Waals surface area (Å²) in [4.78, 5) is 28.5. The molecule has 0 bridgehead atoms. The molecule has 1 N–H and O–H groups in total. The number of amides is 1. The van der Waals surface area contributed by atoms with Gasteiger partial charge in [0.2, 0.25) is 0 Å². The van der Waals surface area contributed by atoms with Crippen LogP contribution < -0.4 is 10.9 Å². The number of nitrogens with zero attached hydrogens (tertiary/aromatic N) is 3. The fourth-order valence-electron chi connectivity index (χ4n) is 4.35. The number of anilines is 1. The van der Waals surface area contributed by atoms with Crippen molar-refractivity contribution in [1.82, 2.24) is 9.47 Å². The van der Waals surface area contributed by atoms with Gasteiger partial charge in [-0.3, -0.25) is 19.1 Å². The van der Waals surface area contributed by atoms with Crippen LogP contribution in [0.4, 0.5) is 5.82 Å². The van der Waals surface area contributed by atoms with Crippen molar-refractivity contribution in [1.29, 1.82) is 5.26 Å². The second kappa shape index (κ2) is 11.2. The lowest BCUT2D eigenvalue weighted by Crippen LogP contribution is -2.35. The van der Waals surface area contributed by atoms with Gasteiger partial charge >= 0.3 is 0 Å². The van der Waals surface area contributed by atoms with Crippen LogP contribution >= 0.6 is 24.0 Å². The standard InChI is InChI=1S/C26H28N4O3S2/c1-3-11-29-23(28-15-18-8-5-4-6-9-18)20(17(2)21(14-27)24(29)31)13-22-25(32)30(26(34)35-22)16-19-10-7-12-33-19/h4-6,8-9,13,19,28H,3,7,10-12,15-16H2,1-2H3/b22-13+. The fourth-order valence-corrected chi connectivity index (χ4v) is 5.61. The summed E-state index contributed by atoms with van der Waals surface area (Å²) in [6.07, 6.45) is 4.39. The summed E-state index contributed by atoms with van der Waals surface area (Å²) < 4.78 is 7.80. The molecule has 1 amide bonds. The normalized spacial score (nSPS) is 18.9. The third-order valence-corrected chi connectivity index (χ3v) is 7.56. The van der Waals surface area contributed by atoms with Crippen LogP contribution in [0.25, 0.3) is 6.08 Å². The molecular formula is C26H28N4O3S2. The summed E-state index contributed by atoms with van der Waals surface area (Å²) in [6, 6.07) is 11.9. The maximum Gasteiger partial charge on any atom is 0.270 e. The summed E-state index contributed by atoms with van der Waals surface area (Å²) >= 11 is 6.76. The molecule has 1 unspecified atom stereocenters. The predicted molar refractivity (Wildman–Crippen MR) is 143 cm³/mol. The van der Waals surface area contributed by atoms with Crippen LogP contribution in [0.2, 0.25) is 0 Å². The number of ether oxygens (including phenoxy) is 1. The Balaban J connectivity index is 1.76. The van der Waals surface area contributed by atoms with Crippen molar-refractivity contribution in [2.75, 3.05) is 18.5 Å². The minimum atomic E-state index is -0.328. The van der Waals surface area contributed by atoms with Crippen molar-refractivity contribution in [3.63, 3.8) is 0 Å². The monoisotopic (exact) mass is 508 g/mol. The zero-order valence-electron chi connectivity index (χ0n) is 19.9. The van der Waals surface area contributed by atoms with Gasteiger partial charge in [0.1, 0.15) is 21.8 Å². The Morgan fingerprint density at radius 3 is 2.74 bits per heavy atom.